The molecule has 3 aromatic heterocycles. The van der Waals surface area contributed by atoms with Crippen molar-refractivity contribution in [2.24, 2.45) is 7.05 Å². The normalized spacial score (nSPS) is 12.0. The Morgan fingerprint density at radius 1 is 0.500 bits per heavy atom. The van der Waals surface area contributed by atoms with Gasteiger partial charge in [-0.15, -0.1) is 0 Å². The second-order valence-electron chi connectivity index (χ2n) is 10.3. The molecule has 9 rings (SSSR count). The lowest BCUT2D eigenvalue weighted by atomic mass is 10.1. The summed E-state index contributed by atoms with van der Waals surface area (Å²) in [5.41, 5.74) is 6.31. The quantitative estimate of drug-likeness (QED) is 0.205. The van der Waals surface area contributed by atoms with Gasteiger partial charge in [-0.3, -0.25) is 0 Å². The number of halogens is 1. The molecule has 7 aromatic rings. The van der Waals surface area contributed by atoms with Crippen LogP contribution in [0.4, 0.5) is 0 Å². The molecule has 0 saturated carbocycles. The molecule has 8 nitrogen and oxygen atoms in total. The lowest BCUT2D eigenvalue weighted by Crippen LogP contribution is -1.92. The first-order valence-corrected chi connectivity index (χ1v) is 13.9. The van der Waals surface area contributed by atoms with E-state index in [0.717, 1.165) is 55.1 Å². The number of hydrogen-bond donors (Lipinski definition) is 1. The lowest BCUT2D eigenvalue weighted by Gasteiger charge is -1.98. The van der Waals surface area contributed by atoms with Gasteiger partial charge in [-0.05, 0) is 6.07 Å². The molecule has 0 unspecified atom stereocenters. The summed E-state index contributed by atoms with van der Waals surface area (Å²) in [4.78, 5) is 33.6. The molecule has 0 aliphatic carbocycles. The van der Waals surface area contributed by atoms with Crippen LogP contribution >= 0.6 is 11.6 Å². The minimum atomic E-state index is 0.550. The van der Waals surface area contributed by atoms with E-state index in [0.29, 0.717) is 39.6 Å². The standard InChI is InChI=1S/C33H19ClN8/c1-42-32-21-13-6-7-14-22(21)33(42)41-29-20-12-5-3-10-18(20)27(36-29)38-31-25-23(15-8-16-24(25)34)30(39-31)37-26-17-9-2-4-11-19(17)28(35-26)40-32/h2-16H,1H3,(H,35,36,37,38,39,40,41). The molecule has 42 heavy (non-hydrogen) atoms. The summed E-state index contributed by atoms with van der Waals surface area (Å²) < 4.78 is 2.00. The summed E-state index contributed by atoms with van der Waals surface area (Å²) in [6.07, 6.45) is 0. The number of rotatable bonds is 0. The summed E-state index contributed by atoms with van der Waals surface area (Å²) in [6, 6.07) is 29.9. The average Bonchev–Trinajstić information content (AvgIpc) is 3.72. The monoisotopic (exact) mass is 562 g/mol. The van der Waals surface area contributed by atoms with E-state index in [1.165, 1.54) is 0 Å². The zero-order chi connectivity index (χ0) is 27.9. The fourth-order valence-electron chi connectivity index (χ4n) is 5.92. The van der Waals surface area contributed by atoms with Gasteiger partial charge in [0.05, 0.1) is 5.02 Å². The van der Waals surface area contributed by atoms with E-state index >= 15 is 0 Å². The molecule has 0 spiro atoms. The third-order valence-corrected chi connectivity index (χ3v) is 8.20. The van der Waals surface area contributed by atoms with Crippen LogP contribution in [-0.2, 0) is 7.05 Å². The van der Waals surface area contributed by atoms with Crippen molar-refractivity contribution in [2.75, 3.05) is 0 Å². The molecule has 9 heteroatoms. The third kappa shape index (κ3) is 3.24. The average molecular weight is 563 g/mol. The van der Waals surface area contributed by atoms with Gasteiger partial charge in [0, 0.05) is 50.8 Å². The molecule has 0 fully saturated rings. The van der Waals surface area contributed by atoms with Gasteiger partial charge in [-0.1, -0.05) is 96.5 Å². The Morgan fingerprint density at radius 2 is 0.952 bits per heavy atom. The van der Waals surface area contributed by atoms with Crippen LogP contribution in [0.3, 0.4) is 0 Å². The molecule has 2 aliphatic heterocycles. The number of nitrogens with zero attached hydrogens (tertiary/aromatic N) is 7. The Bertz CT molecular complexity index is 2460. The molecule has 2 aliphatic rings. The van der Waals surface area contributed by atoms with Gasteiger partial charge >= 0.3 is 0 Å². The Labute approximate surface area is 243 Å². The minimum absolute atomic E-state index is 0.550. The van der Waals surface area contributed by atoms with Crippen molar-refractivity contribution in [3.8, 4) is 45.6 Å². The second kappa shape index (κ2) is 8.52. The second-order valence-corrected chi connectivity index (χ2v) is 10.7. The Balaban J connectivity index is 1.54. The number of aryl methyl sites for hydroxylation is 1. The van der Waals surface area contributed by atoms with Crippen molar-refractivity contribution in [2.45, 2.75) is 0 Å². The molecule has 0 atom stereocenters. The Kier molecular flexibility index (Phi) is 4.72. The number of H-pyrrole nitrogens is 1. The highest BCUT2D eigenvalue weighted by Gasteiger charge is 2.22. The van der Waals surface area contributed by atoms with E-state index in [1.54, 1.807) is 0 Å². The van der Waals surface area contributed by atoms with Crippen molar-refractivity contribution in [1.82, 2.24) is 39.5 Å². The zero-order valence-corrected chi connectivity index (χ0v) is 22.9. The van der Waals surface area contributed by atoms with E-state index in [1.807, 2.05) is 90.5 Å². The molecule has 1 N–H and O–H groups in total. The number of hydrogen-bond acceptors (Lipinski definition) is 6. The number of nitrogens with one attached hydrogen (secondary N) is 1. The van der Waals surface area contributed by atoms with Crippen LogP contribution in [0.5, 0.6) is 0 Å². The molecule has 4 aromatic carbocycles. The summed E-state index contributed by atoms with van der Waals surface area (Å²) in [6.45, 7) is 0. The van der Waals surface area contributed by atoms with Gasteiger partial charge in [-0.25, -0.2) is 29.9 Å². The maximum Gasteiger partial charge on any atom is 0.164 e. The number of fused-ring (bicyclic) bond motifs is 20. The number of aromatic nitrogens is 8. The zero-order valence-electron chi connectivity index (χ0n) is 22.2. The highest BCUT2D eigenvalue weighted by molar-refractivity contribution is 6.37. The third-order valence-electron chi connectivity index (χ3n) is 7.89. The van der Waals surface area contributed by atoms with E-state index in [-0.39, 0.29) is 0 Å². The van der Waals surface area contributed by atoms with Crippen molar-refractivity contribution >= 4 is 55.7 Å². The van der Waals surface area contributed by atoms with Gasteiger partial charge in [0.1, 0.15) is 22.6 Å². The van der Waals surface area contributed by atoms with E-state index in [4.69, 9.17) is 41.5 Å². The van der Waals surface area contributed by atoms with Crippen molar-refractivity contribution < 1.29 is 0 Å². The minimum Gasteiger partial charge on any atom is -0.324 e. The number of aromatic amines is 1. The van der Waals surface area contributed by atoms with Crippen LogP contribution in [0.1, 0.15) is 0 Å². The lowest BCUT2D eigenvalue weighted by molar-refractivity contribution is 0.967. The predicted molar refractivity (Wildman–Crippen MR) is 166 cm³/mol. The Morgan fingerprint density at radius 3 is 1.50 bits per heavy atom. The summed E-state index contributed by atoms with van der Waals surface area (Å²) in [5.74, 6) is 2.29. The molecule has 198 valence electrons. The first-order chi connectivity index (χ1) is 20.6. The molecular weight excluding hydrogens is 544 g/mol. The van der Waals surface area contributed by atoms with E-state index in [9.17, 15) is 0 Å². The van der Waals surface area contributed by atoms with E-state index in [2.05, 4.69) is 17.1 Å². The van der Waals surface area contributed by atoms with Crippen molar-refractivity contribution in [3.63, 3.8) is 0 Å². The first kappa shape index (κ1) is 23.3. The van der Waals surface area contributed by atoms with Gasteiger partial charge < -0.3 is 9.55 Å². The number of benzene rings is 4. The summed E-state index contributed by atoms with van der Waals surface area (Å²) in [5, 5.41) is 4.13. The highest BCUT2D eigenvalue weighted by Crippen LogP contribution is 2.37. The topological polar surface area (TPSA) is 98.1 Å². The molecular formula is C33H19ClN8. The van der Waals surface area contributed by atoms with Crippen LogP contribution < -0.4 is 0 Å². The smallest absolute Gasteiger partial charge is 0.164 e. The van der Waals surface area contributed by atoms with Crippen molar-refractivity contribution in [3.05, 3.63) is 96.0 Å². The predicted octanol–water partition coefficient (Wildman–Crippen LogP) is 7.53. The Hall–Kier alpha value is -5.47. The largest absolute Gasteiger partial charge is 0.324 e. The maximum absolute atomic E-state index is 6.75. The fourth-order valence-corrected chi connectivity index (χ4v) is 6.19. The first-order valence-electron chi connectivity index (χ1n) is 13.5. The summed E-state index contributed by atoms with van der Waals surface area (Å²) >= 11 is 6.75. The fraction of sp³-hybridized carbons (Fsp3) is 0.0303. The van der Waals surface area contributed by atoms with Gasteiger partial charge in [-0.2, -0.15) is 0 Å². The summed E-state index contributed by atoms with van der Waals surface area (Å²) in [7, 11) is 1.97. The van der Waals surface area contributed by atoms with Crippen LogP contribution in [0.25, 0.3) is 89.7 Å². The van der Waals surface area contributed by atoms with Crippen LogP contribution in [0.2, 0.25) is 5.02 Å². The molecule has 5 heterocycles. The van der Waals surface area contributed by atoms with Gasteiger partial charge in [0.2, 0.25) is 0 Å². The van der Waals surface area contributed by atoms with E-state index < -0.39 is 0 Å². The molecule has 0 saturated heterocycles. The molecule has 0 radical (unpaired) electrons. The van der Waals surface area contributed by atoms with Gasteiger partial charge in [0.25, 0.3) is 0 Å². The molecule has 0 amide bonds. The van der Waals surface area contributed by atoms with Gasteiger partial charge in [0.15, 0.2) is 23.3 Å². The highest BCUT2D eigenvalue weighted by atomic mass is 35.5. The maximum atomic E-state index is 6.75. The van der Waals surface area contributed by atoms with Crippen LogP contribution in [0, 0.1) is 0 Å². The van der Waals surface area contributed by atoms with Crippen LogP contribution in [0.15, 0.2) is 91.0 Å². The SMILES string of the molecule is Cn1c2nc3nc(nc4[nH]c(nc5nc(nc1c1ccccc12)-c1ccccc1-5)c1c(Cl)cccc41)-c1ccccc1-3. The van der Waals surface area contributed by atoms with Crippen LogP contribution in [-0.4, -0.2) is 39.5 Å². The molecule has 8 bridgehead atoms. The van der Waals surface area contributed by atoms with Crippen molar-refractivity contribution in [1.29, 1.82) is 0 Å².